The van der Waals surface area contributed by atoms with Gasteiger partial charge in [0.1, 0.15) is 5.75 Å². The molecular formula is C21H28O3. The summed E-state index contributed by atoms with van der Waals surface area (Å²) in [5, 5.41) is 11.0. The van der Waals surface area contributed by atoms with E-state index < -0.39 is 5.97 Å². The maximum absolute atomic E-state index is 11.0. The fourth-order valence-electron chi connectivity index (χ4n) is 2.87. The second kappa shape index (κ2) is 9.96. The molecule has 0 fully saturated rings. The van der Waals surface area contributed by atoms with Crippen molar-refractivity contribution in [2.45, 2.75) is 58.3 Å². The van der Waals surface area contributed by atoms with Crippen LogP contribution in [0.3, 0.4) is 0 Å². The Morgan fingerprint density at radius 1 is 0.875 bits per heavy atom. The van der Waals surface area contributed by atoms with Crippen molar-refractivity contribution in [1.82, 2.24) is 0 Å². The summed E-state index contributed by atoms with van der Waals surface area (Å²) in [4.78, 5) is 11.0. The predicted octanol–water partition coefficient (Wildman–Crippen LogP) is 6.06. The van der Waals surface area contributed by atoms with Crippen LogP contribution in [0.25, 0.3) is 10.8 Å². The van der Waals surface area contributed by atoms with Gasteiger partial charge in [0, 0.05) is 0 Å². The van der Waals surface area contributed by atoms with E-state index in [1.165, 1.54) is 44.9 Å². The summed E-state index contributed by atoms with van der Waals surface area (Å²) in [6.45, 7) is 2.99. The van der Waals surface area contributed by atoms with Gasteiger partial charge >= 0.3 is 5.97 Å². The molecular weight excluding hydrogens is 300 g/mol. The van der Waals surface area contributed by atoms with Crippen molar-refractivity contribution in [3.05, 3.63) is 42.0 Å². The lowest BCUT2D eigenvalue weighted by molar-refractivity contribution is 0.0697. The van der Waals surface area contributed by atoms with Gasteiger partial charge < -0.3 is 9.84 Å². The first-order valence-corrected chi connectivity index (χ1v) is 9.10. The molecule has 24 heavy (non-hydrogen) atoms. The highest BCUT2D eigenvalue weighted by Gasteiger charge is 2.04. The lowest BCUT2D eigenvalue weighted by atomic mass is 10.1. The van der Waals surface area contributed by atoms with E-state index in [9.17, 15) is 4.79 Å². The highest BCUT2D eigenvalue weighted by molar-refractivity contribution is 5.94. The zero-order chi connectivity index (χ0) is 17.2. The van der Waals surface area contributed by atoms with Crippen molar-refractivity contribution in [3.8, 4) is 5.75 Å². The zero-order valence-corrected chi connectivity index (χ0v) is 14.6. The Morgan fingerprint density at radius 2 is 1.50 bits per heavy atom. The van der Waals surface area contributed by atoms with E-state index in [0.717, 1.165) is 29.5 Å². The van der Waals surface area contributed by atoms with Crippen LogP contribution >= 0.6 is 0 Å². The van der Waals surface area contributed by atoms with Crippen molar-refractivity contribution in [2.24, 2.45) is 0 Å². The molecule has 0 aromatic heterocycles. The average molecular weight is 328 g/mol. The average Bonchev–Trinajstić information content (AvgIpc) is 2.59. The molecule has 0 saturated carbocycles. The number of unbranched alkanes of at least 4 members (excludes halogenated alkanes) is 7. The second-order valence-electron chi connectivity index (χ2n) is 6.35. The van der Waals surface area contributed by atoms with Crippen molar-refractivity contribution in [2.75, 3.05) is 6.61 Å². The summed E-state index contributed by atoms with van der Waals surface area (Å²) in [6, 6.07) is 11.0. The molecule has 2 aromatic rings. The number of fused-ring (bicyclic) bond motifs is 1. The molecule has 2 rings (SSSR count). The van der Waals surface area contributed by atoms with Crippen molar-refractivity contribution >= 4 is 16.7 Å². The topological polar surface area (TPSA) is 46.5 Å². The number of benzene rings is 2. The Labute approximate surface area is 144 Å². The Hall–Kier alpha value is -2.03. The van der Waals surface area contributed by atoms with E-state index in [1.807, 2.05) is 24.3 Å². The minimum absolute atomic E-state index is 0.315. The molecule has 0 bridgehead atoms. The molecule has 0 saturated heterocycles. The molecule has 0 aliphatic heterocycles. The molecule has 0 atom stereocenters. The molecule has 0 heterocycles. The van der Waals surface area contributed by atoms with E-state index in [1.54, 1.807) is 12.1 Å². The molecule has 130 valence electrons. The van der Waals surface area contributed by atoms with Gasteiger partial charge in [-0.1, -0.05) is 64.0 Å². The fraction of sp³-hybridized carbons (Fsp3) is 0.476. The Kier molecular flexibility index (Phi) is 7.60. The van der Waals surface area contributed by atoms with E-state index in [0.29, 0.717) is 5.56 Å². The number of ether oxygens (including phenoxy) is 1. The molecule has 0 spiro atoms. The molecule has 2 aromatic carbocycles. The van der Waals surface area contributed by atoms with E-state index in [-0.39, 0.29) is 0 Å². The molecule has 3 heteroatoms. The highest BCUT2D eigenvalue weighted by Crippen LogP contribution is 2.22. The minimum Gasteiger partial charge on any atom is -0.494 e. The van der Waals surface area contributed by atoms with E-state index >= 15 is 0 Å². The first-order valence-electron chi connectivity index (χ1n) is 9.10. The van der Waals surface area contributed by atoms with Gasteiger partial charge in [-0.2, -0.15) is 0 Å². The van der Waals surface area contributed by atoms with Gasteiger partial charge in [0.15, 0.2) is 0 Å². The third-order valence-corrected chi connectivity index (χ3v) is 4.33. The molecule has 0 unspecified atom stereocenters. The first kappa shape index (κ1) is 18.3. The van der Waals surface area contributed by atoms with Crippen LogP contribution in [0.5, 0.6) is 5.75 Å². The van der Waals surface area contributed by atoms with Crippen LogP contribution in [-0.4, -0.2) is 17.7 Å². The fourth-order valence-corrected chi connectivity index (χ4v) is 2.87. The molecule has 0 amide bonds. The van der Waals surface area contributed by atoms with Crippen LogP contribution in [0.1, 0.15) is 68.6 Å². The van der Waals surface area contributed by atoms with E-state index in [4.69, 9.17) is 9.84 Å². The summed E-state index contributed by atoms with van der Waals surface area (Å²) in [6.07, 6.45) is 10.3. The number of carbonyl (C=O) groups is 1. The lowest BCUT2D eigenvalue weighted by Gasteiger charge is -2.08. The molecule has 0 aliphatic rings. The Balaban J connectivity index is 1.71. The standard InChI is InChI=1S/C21H28O3/c1-2-3-4-5-6-7-8-9-14-24-20-13-12-17-15-19(21(22)23)11-10-18(17)16-20/h10-13,15-16H,2-9,14H2,1H3,(H,22,23). The van der Waals surface area contributed by atoms with Crippen molar-refractivity contribution in [3.63, 3.8) is 0 Å². The Morgan fingerprint density at radius 3 is 2.21 bits per heavy atom. The summed E-state index contributed by atoms with van der Waals surface area (Å²) in [5.74, 6) is -0.0413. The predicted molar refractivity (Wildman–Crippen MR) is 99.0 cm³/mol. The van der Waals surface area contributed by atoms with Crippen molar-refractivity contribution in [1.29, 1.82) is 0 Å². The van der Waals surface area contributed by atoms with Gasteiger partial charge in [-0.05, 0) is 41.5 Å². The van der Waals surface area contributed by atoms with Crippen LogP contribution in [0.4, 0.5) is 0 Å². The molecule has 0 aliphatic carbocycles. The van der Waals surface area contributed by atoms with E-state index in [2.05, 4.69) is 6.92 Å². The smallest absolute Gasteiger partial charge is 0.335 e. The van der Waals surface area contributed by atoms with Gasteiger partial charge in [0.2, 0.25) is 0 Å². The number of aromatic carboxylic acids is 1. The van der Waals surface area contributed by atoms with Gasteiger partial charge in [-0.3, -0.25) is 0 Å². The number of rotatable bonds is 11. The monoisotopic (exact) mass is 328 g/mol. The minimum atomic E-state index is -0.896. The lowest BCUT2D eigenvalue weighted by Crippen LogP contribution is -1.98. The van der Waals surface area contributed by atoms with Gasteiger partial charge in [-0.15, -0.1) is 0 Å². The van der Waals surface area contributed by atoms with Crippen LogP contribution in [-0.2, 0) is 0 Å². The zero-order valence-electron chi connectivity index (χ0n) is 14.6. The van der Waals surface area contributed by atoms with Gasteiger partial charge in [0.25, 0.3) is 0 Å². The summed E-state index contributed by atoms with van der Waals surface area (Å²) in [5.41, 5.74) is 0.315. The summed E-state index contributed by atoms with van der Waals surface area (Å²) >= 11 is 0. The number of hydrogen-bond acceptors (Lipinski definition) is 2. The first-order chi connectivity index (χ1) is 11.7. The van der Waals surface area contributed by atoms with Crippen LogP contribution < -0.4 is 4.74 Å². The number of hydrogen-bond donors (Lipinski definition) is 1. The number of carboxylic acid groups (broad SMARTS) is 1. The maximum atomic E-state index is 11.0. The molecule has 0 radical (unpaired) electrons. The maximum Gasteiger partial charge on any atom is 0.335 e. The molecule has 3 nitrogen and oxygen atoms in total. The van der Waals surface area contributed by atoms with Crippen LogP contribution in [0, 0.1) is 0 Å². The molecule has 1 N–H and O–H groups in total. The second-order valence-corrected chi connectivity index (χ2v) is 6.35. The summed E-state index contributed by atoms with van der Waals surface area (Å²) in [7, 11) is 0. The van der Waals surface area contributed by atoms with Crippen LogP contribution in [0.15, 0.2) is 36.4 Å². The Bertz CT molecular complexity index is 649. The van der Waals surface area contributed by atoms with Gasteiger partial charge in [0.05, 0.1) is 12.2 Å². The third-order valence-electron chi connectivity index (χ3n) is 4.33. The van der Waals surface area contributed by atoms with Crippen LogP contribution in [0.2, 0.25) is 0 Å². The largest absolute Gasteiger partial charge is 0.494 e. The van der Waals surface area contributed by atoms with Crippen molar-refractivity contribution < 1.29 is 14.6 Å². The highest BCUT2D eigenvalue weighted by atomic mass is 16.5. The quantitative estimate of drug-likeness (QED) is 0.510. The third kappa shape index (κ3) is 5.88. The summed E-state index contributed by atoms with van der Waals surface area (Å²) < 4.78 is 5.82. The number of carboxylic acids is 1. The normalized spacial score (nSPS) is 10.9. The van der Waals surface area contributed by atoms with Gasteiger partial charge in [-0.25, -0.2) is 4.79 Å². The SMILES string of the molecule is CCCCCCCCCCOc1ccc2cc(C(=O)O)ccc2c1.